The number of aryl methyl sites for hydroxylation is 1. The summed E-state index contributed by atoms with van der Waals surface area (Å²) >= 11 is 7.01. The van der Waals surface area contributed by atoms with E-state index in [1.807, 2.05) is 37.3 Å². The van der Waals surface area contributed by atoms with Crippen molar-refractivity contribution in [2.75, 3.05) is 5.75 Å². The fraction of sp³-hybridized carbons (Fsp3) is 0.118. The average Bonchev–Trinajstić information content (AvgIpc) is 2.57. The number of thioether (sulfide) groups is 1. The molecule has 6 heteroatoms. The maximum absolute atomic E-state index is 12.9. The summed E-state index contributed by atoms with van der Waals surface area (Å²) in [6.07, 6.45) is 3.55. The summed E-state index contributed by atoms with van der Waals surface area (Å²) in [6.45, 7) is 1.96. The molecule has 0 spiro atoms. The van der Waals surface area contributed by atoms with Gasteiger partial charge in [0.15, 0.2) is 5.16 Å². The van der Waals surface area contributed by atoms with E-state index in [4.69, 9.17) is 11.6 Å². The first kappa shape index (κ1) is 15.8. The number of fused-ring (bicyclic) bond motifs is 1. The molecule has 23 heavy (non-hydrogen) atoms. The van der Waals surface area contributed by atoms with Crippen LogP contribution in [0.4, 0.5) is 0 Å². The summed E-state index contributed by atoms with van der Waals surface area (Å²) in [5.41, 5.74) is 3.05. The maximum atomic E-state index is 12.9. The van der Waals surface area contributed by atoms with Crippen LogP contribution >= 0.6 is 23.4 Å². The number of rotatable bonds is 4. The average molecular weight is 344 g/mol. The van der Waals surface area contributed by atoms with E-state index in [1.165, 1.54) is 17.3 Å². The van der Waals surface area contributed by atoms with Gasteiger partial charge in [-0.2, -0.15) is 0 Å². The molecule has 3 rings (SSSR count). The van der Waals surface area contributed by atoms with Crippen LogP contribution in [0.1, 0.15) is 5.56 Å². The molecule has 0 atom stereocenters. The highest BCUT2D eigenvalue weighted by atomic mass is 35.5. The van der Waals surface area contributed by atoms with E-state index in [1.54, 1.807) is 22.9 Å². The SMILES string of the molecule is Cc1ccc(-n2c(SC/C=C/Cl)nc3ccccc3c2=O)nc1. The maximum Gasteiger partial charge on any atom is 0.267 e. The second-order valence-electron chi connectivity index (χ2n) is 4.92. The molecule has 0 saturated heterocycles. The van der Waals surface area contributed by atoms with Gasteiger partial charge < -0.3 is 0 Å². The Morgan fingerprint density at radius 2 is 2.09 bits per heavy atom. The molecule has 0 unspecified atom stereocenters. The highest BCUT2D eigenvalue weighted by molar-refractivity contribution is 7.99. The second kappa shape index (κ2) is 6.98. The van der Waals surface area contributed by atoms with Crippen molar-refractivity contribution in [3.05, 3.63) is 70.1 Å². The third kappa shape index (κ3) is 3.30. The van der Waals surface area contributed by atoms with Crippen LogP contribution in [0.25, 0.3) is 16.7 Å². The first-order chi connectivity index (χ1) is 11.2. The fourth-order valence-electron chi connectivity index (χ4n) is 2.16. The number of benzene rings is 1. The van der Waals surface area contributed by atoms with Gasteiger partial charge in [-0.25, -0.2) is 14.5 Å². The van der Waals surface area contributed by atoms with E-state index in [9.17, 15) is 4.79 Å². The number of hydrogen-bond acceptors (Lipinski definition) is 4. The molecular formula is C17H14ClN3OS. The lowest BCUT2D eigenvalue weighted by atomic mass is 10.2. The van der Waals surface area contributed by atoms with Crippen LogP contribution in [0.15, 0.2) is 64.2 Å². The third-order valence-electron chi connectivity index (χ3n) is 3.27. The lowest BCUT2D eigenvalue weighted by Crippen LogP contribution is -2.22. The summed E-state index contributed by atoms with van der Waals surface area (Å²) in [7, 11) is 0. The second-order valence-corrected chi connectivity index (χ2v) is 6.16. The lowest BCUT2D eigenvalue weighted by molar-refractivity contribution is 0.795. The molecule has 3 aromatic rings. The summed E-state index contributed by atoms with van der Waals surface area (Å²) in [5.74, 6) is 1.19. The van der Waals surface area contributed by atoms with Crippen molar-refractivity contribution in [3.63, 3.8) is 0 Å². The van der Waals surface area contributed by atoms with Crippen molar-refractivity contribution >= 4 is 34.3 Å². The van der Waals surface area contributed by atoms with Crippen molar-refractivity contribution in [2.24, 2.45) is 0 Å². The molecule has 0 radical (unpaired) electrons. The van der Waals surface area contributed by atoms with E-state index in [0.717, 1.165) is 5.56 Å². The molecule has 0 aliphatic heterocycles. The Kier molecular flexibility index (Phi) is 4.79. The molecule has 0 aliphatic rings. The van der Waals surface area contributed by atoms with Crippen LogP contribution in [0.5, 0.6) is 0 Å². The standard InChI is InChI=1S/C17H14ClN3OS/c1-12-7-8-15(19-11-12)21-16(22)13-5-2-3-6-14(13)20-17(21)23-10-4-9-18/h2-9,11H,10H2,1H3/b9-4+. The summed E-state index contributed by atoms with van der Waals surface area (Å²) < 4.78 is 1.55. The molecule has 2 aromatic heterocycles. The quantitative estimate of drug-likeness (QED) is 0.532. The van der Waals surface area contributed by atoms with Gasteiger partial charge in [-0.1, -0.05) is 47.6 Å². The van der Waals surface area contributed by atoms with Crippen LogP contribution in [-0.2, 0) is 0 Å². The van der Waals surface area contributed by atoms with E-state index in [0.29, 0.717) is 27.6 Å². The number of para-hydroxylation sites is 1. The zero-order chi connectivity index (χ0) is 16.2. The van der Waals surface area contributed by atoms with Crippen molar-refractivity contribution < 1.29 is 0 Å². The van der Waals surface area contributed by atoms with Crippen LogP contribution in [0.3, 0.4) is 0 Å². The third-order valence-corrected chi connectivity index (χ3v) is 4.34. The summed E-state index contributed by atoms with van der Waals surface area (Å²) in [5, 5.41) is 1.17. The van der Waals surface area contributed by atoms with E-state index < -0.39 is 0 Å². The molecule has 0 amide bonds. The first-order valence-corrected chi connectivity index (χ1v) is 8.46. The number of pyridine rings is 1. The summed E-state index contributed by atoms with van der Waals surface area (Å²) in [6, 6.07) is 11.1. The Morgan fingerprint density at radius 1 is 1.26 bits per heavy atom. The molecule has 116 valence electrons. The van der Waals surface area contributed by atoms with E-state index in [2.05, 4.69) is 9.97 Å². The monoisotopic (exact) mass is 343 g/mol. The van der Waals surface area contributed by atoms with Gasteiger partial charge >= 0.3 is 0 Å². The minimum atomic E-state index is -0.121. The Morgan fingerprint density at radius 3 is 2.83 bits per heavy atom. The van der Waals surface area contributed by atoms with Crippen LogP contribution in [0, 0.1) is 6.92 Å². The lowest BCUT2D eigenvalue weighted by Gasteiger charge is -2.11. The van der Waals surface area contributed by atoms with Gasteiger partial charge in [0.05, 0.1) is 10.9 Å². The minimum Gasteiger partial charge on any atom is -0.268 e. The predicted molar refractivity (Wildman–Crippen MR) is 95.6 cm³/mol. The normalized spacial score (nSPS) is 11.4. The summed E-state index contributed by atoms with van der Waals surface area (Å²) in [4.78, 5) is 21.9. The van der Waals surface area contributed by atoms with Gasteiger partial charge in [-0.15, -0.1) is 0 Å². The Hall–Kier alpha value is -2.11. The molecule has 0 saturated carbocycles. The van der Waals surface area contributed by atoms with Gasteiger partial charge in [0.1, 0.15) is 5.82 Å². The molecule has 0 bridgehead atoms. The van der Waals surface area contributed by atoms with Crippen LogP contribution in [0.2, 0.25) is 0 Å². The smallest absolute Gasteiger partial charge is 0.267 e. The van der Waals surface area contributed by atoms with Crippen LogP contribution in [-0.4, -0.2) is 20.3 Å². The van der Waals surface area contributed by atoms with Gasteiger partial charge in [0, 0.05) is 17.5 Å². The highest BCUT2D eigenvalue weighted by Gasteiger charge is 2.13. The van der Waals surface area contributed by atoms with Gasteiger partial charge in [0.2, 0.25) is 0 Å². The van der Waals surface area contributed by atoms with E-state index >= 15 is 0 Å². The van der Waals surface area contributed by atoms with Gasteiger partial charge in [0.25, 0.3) is 5.56 Å². The van der Waals surface area contributed by atoms with Gasteiger partial charge in [-0.05, 0) is 30.7 Å². The van der Waals surface area contributed by atoms with Crippen molar-refractivity contribution in [1.29, 1.82) is 0 Å². The zero-order valence-electron chi connectivity index (χ0n) is 12.4. The number of hydrogen-bond donors (Lipinski definition) is 0. The Labute approximate surface area is 142 Å². The molecule has 1 aromatic carbocycles. The number of halogens is 1. The molecule has 0 aliphatic carbocycles. The predicted octanol–water partition coefficient (Wildman–Crippen LogP) is 3.93. The molecule has 0 fully saturated rings. The minimum absolute atomic E-state index is 0.121. The van der Waals surface area contributed by atoms with Gasteiger partial charge in [-0.3, -0.25) is 4.79 Å². The zero-order valence-corrected chi connectivity index (χ0v) is 14.0. The van der Waals surface area contributed by atoms with Crippen molar-refractivity contribution in [2.45, 2.75) is 12.1 Å². The molecular weight excluding hydrogens is 330 g/mol. The fourth-order valence-corrected chi connectivity index (χ4v) is 3.17. The first-order valence-electron chi connectivity index (χ1n) is 7.03. The van der Waals surface area contributed by atoms with Crippen LogP contribution < -0.4 is 5.56 Å². The largest absolute Gasteiger partial charge is 0.268 e. The molecule has 4 nitrogen and oxygen atoms in total. The van der Waals surface area contributed by atoms with E-state index in [-0.39, 0.29) is 5.56 Å². The molecule has 0 N–H and O–H groups in total. The number of aromatic nitrogens is 3. The Balaban J connectivity index is 2.23. The van der Waals surface area contributed by atoms with Crippen molar-refractivity contribution in [1.82, 2.24) is 14.5 Å². The highest BCUT2D eigenvalue weighted by Crippen LogP contribution is 2.20. The van der Waals surface area contributed by atoms with Crippen molar-refractivity contribution in [3.8, 4) is 5.82 Å². The topological polar surface area (TPSA) is 47.8 Å². The Bertz CT molecular complexity index is 919. The number of nitrogens with zero attached hydrogens (tertiary/aromatic N) is 3. The molecule has 2 heterocycles.